The van der Waals surface area contributed by atoms with Gasteiger partial charge in [0.25, 0.3) is 5.91 Å². The van der Waals surface area contributed by atoms with Gasteiger partial charge in [0.2, 0.25) is 0 Å². The second kappa shape index (κ2) is 5.38. The van der Waals surface area contributed by atoms with E-state index in [1.165, 1.54) is 12.3 Å². The van der Waals surface area contributed by atoms with E-state index in [0.29, 0.717) is 5.92 Å². The molecule has 2 N–H and O–H groups in total. The maximum absolute atomic E-state index is 12.0. The van der Waals surface area contributed by atoms with Crippen LogP contribution in [0.3, 0.4) is 0 Å². The average Bonchev–Trinajstić information content (AvgIpc) is 2.34. The van der Waals surface area contributed by atoms with E-state index in [-0.39, 0.29) is 23.4 Å². The second-order valence-corrected chi connectivity index (χ2v) is 5.31. The summed E-state index contributed by atoms with van der Waals surface area (Å²) in [5.41, 5.74) is 0.115. The topological polar surface area (TPSA) is 62.2 Å². The molecular weight excluding hydrogens is 228 g/mol. The number of amides is 1. The summed E-state index contributed by atoms with van der Waals surface area (Å²) in [7, 11) is 0. The Hall–Kier alpha value is -1.58. The molecule has 98 valence electrons. The summed E-state index contributed by atoms with van der Waals surface area (Å²) in [5.74, 6) is 1.01. The molecule has 1 amide bonds. The van der Waals surface area contributed by atoms with E-state index in [1.54, 1.807) is 6.07 Å². The summed E-state index contributed by atoms with van der Waals surface area (Å²) in [5, 5.41) is 12.5. The number of aromatic nitrogens is 1. The van der Waals surface area contributed by atoms with Crippen molar-refractivity contribution in [3.63, 3.8) is 0 Å². The van der Waals surface area contributed by atoms with E-state index >= 15 is 0 Å². The standard InChI is InChI=1S/C14H20N2O2/c1-9-5-6-11(8-10(9)2)16-14(18)13-12(17)4-3-7-15-13/h3-4,7,9-11,17H,5-6,8H2,1-2H3,(H,16,18). The van der Waals surface area contributed by atoms with Crippen molar-refractivity contribution in [2.45, 2.75) is 39.2 Å². The SMILES string of the molecule is CC1CCC(NC(=O)c2ncccc2O)CC1C. The first-order valence-corrected chi connectivity index (χ1v) is 6.52. The number of carbonyl (C=O) groups excluding carboxylic acids is 1. The molecular formula is C14H20N2O2. The van der Waals surface area contributed by atoms with Gasteiger partial charge in [0.05, 0.1) is 0 Å². The number of hydrogen-bond donors (Lipinski definition) is 2. The van der Waals surface area contributed by atoms with Crippen molar-refractivity contribution < 1.29 is 9.90 Å². The van der Waals surface area contributed by atoms with Gasteiger partial charge < -0.3 is 10.4 Å². The zero-order chi connectivity index (χ0) is 13.1. The van der Waals surface area contributed by atoms with Crippen LogP contribution < -0.4 is 5.32 Å². The number of hydrogen-bond acceptors (Lipinski definition) is 3. The van der Waals surface area contributed by atoms with Gasteiger partial charge in [0.1, 0.15) is 5.75 Å². The number of nitrogens with one attached hydrogen (secondary N) is 1. The summed E-state index contributed by atoms with van der Waals surface area (Å²) in [6.07, 6.45) is 4.66. The Morgan fingerprint density at radius 3 is 2.83 bits per heavy atom. The summed E-state index contributed by atoms with van der Waals surface area (Å²) in [6.45, 7) is 4.48. The Kier molecular flexibility index (Phi) is 3.84. The summed E-state index contributed by atoms with van der Waals surface area (Å²) in [6, 6.07) is 3.29. The predicted octanol–water partition coefficient (Wildman–Crippen LogP) is 2.34. The van der Waals surface area contributed by atoms with E-state index in [0.717, 1.165) is 25.2 Å². The average molecular weight is 248 g/mol. The fourth-order valence-electron chi connectivity index (χ4n) is 2.50. The number of nitrogens with zero attached hydrogens (tertiary/aromatic N) is 1. The smallest absolute Gasteiger partial charge is 0.273 e. The highest BCUT2D eigenvalue weighted by Crippen LogP contribution is 2.29. The Morgan fingerprint density at radius 2 is 2.17 bits per heavy atom. The third-order valence-corrected chi connectivity index (χ3v) is 3.93. The Labute approximate surface area is 107 Å². The summed E-state index contributed by atoms with van der Waals surface area (Å²) >= 11 is 0. The molecule has 1 heterocycles. The third-order valence-electron chi connectivity index (χ3n) is 3.93. The van der Waals surface area contributed by atoms with Gasteiger partial charge in [-0.1, -0.05) is 13.8 Å². The molecule has 0 radical (unpaired) electrons. The van der Waals surface area contributed by atoms with Crippen LogP contribution in [0, 0.1) is 11.8 Å². The molecule has 4 heteroatoms. The van der Waals surface area contributed by atoms with Gasteiger partial charge in [-0.2, -0.15) is 0 Å². The number of rotatable bonds is 2. The molecule has 0 saturated heterocycles. The van der Waals surface area contributed by atoms with Gasteiger partial charge in [-0.05, 0) is 43.2 Å². The molecule has 3 atom stereocenters. The lowest BCUT2D eigenvalue weighted by Crippen LogP contribution is -2.40. The first-order chi connectivity index (χ1) is 8.58. The minimum atomic E-state index is -0.278. The van der Waals surface area contributed by atoms with Crippen molar-refractivity contribution in [3.05, 3.63) is 24.0 Å². The minimum absolute atomic E-state index is 0.0628. The van der Waals surface area contributed by atoms with E-state index < -0.39 is 0 Å². The molecule has 4 nitrogen and oxygen atoms in total. The van der Waals surface area contributed by atoms with E-state index in [2.05, 4.69) is 24.1 Å². The fraction of sp³-hybridized carbons (Fsp3) is 0.571. The van der Waals surface area contributed by atoms with Crippen LogP contribution in [0.25, 0.3) is 0 Å². The van der Waals surface area contributed by atoms with Crippen molar-refractivity contribution in [2.24, 2.45) is 11.8 Å². The molecule has 1 aliphatic rings. The highest BCUT2D eigenvalue weighted by Gasteiger charge is 2.26. The number of carbonyl (C=O) groups is 1. The van der Waals surface area contributed by atoms with E-state index in [4.69, 9.17) is 0 Å². The predicted molar refractivity (Wildman–Crippen MR) is 69.3 cm³/mol. The molecule has 1 saturated carbocycles. The molecule has 1 fully saturated rings. The molecule has 18 heavy (non-hydrogen) atoms. The maximum Gasteiger partial charge on any atom is 0.273 e. The summed E-state index contributed by atoms with van der Waals surface area (Å²) < 4.78 is 0. The lowest BCUT2D eigenvalue weighted by Gasteiger charge is -2.32. The largest absolute Gasteiger partial charge is 0.505 e. The molecule has 0 aliphatic heterocycles. The van der Waals surface area contributed by atoms with Gasteiger partial charge >= 0.3 is 0 Å². The summed E-state index contributed by atoms with van der Waals surface area (Å²) in [4.78, 5) is 15.9. The lowest BCUT2D eigenvalue weighted by atomic mass is 9.79. The van der Waals surface area contributed by atoms with Gasteiger partial charge in [-0.15, -0.1) is 0 Å². The molecule has 1 aromatic heterocycles. The molecule has 1 aromatic rings. The maximum atomic E-state index is 12.0. The number of aromatic hydroxyl groups is 1. The highest BCUT2D eigenvalue weighted by molar-refractivity contribution is 5.94. The van der Waals surface area contributed by atoms with Crippen LogP contribution in [0.2, 0.25) is 0 Å². The van der Waals surface area contributed by atoms with Gasteiger partial charge in [-0.25, -0.2) is 4.98 Å². The third kappa shape index (κ3) is 2.81. The zero-order valence-corrected chi connectivity index (χ0v) is 10.9. The number of pyridine rings is 1. The van der Waals surface area contributed by atoms with Crippen LogP contribution in [0.15, 0.2) is 18.3 Å². The lowest BCUT2D eigenvalue weighted by molar-refractivity contribution is 0.0902. The minimum Gasteiger partial charge on any atom is -0.505 e. The van der Waals surface area contributed by atoms with Crippen LogP contribution in [0.1, 0.15) is 43.6 Å². The molecule has 0 bridgehead atoms. The monoisotopic (exact) mass is 248 g/mol. The molecule has 0 aromatic carbocycles. The first kappa shape index (κ1) is 12.9. The Bertz CT molecular complexity index is 434. The van der Waals surface area contributed by atoms with Crippen LogP contribution in [-0.2, 0) is 0 Å². The molecule has 2 rings (SSSR count). The van der Waals surface area contributed by atoms with E-state index in [9.17, 15) is 9.90 Å². The van der Waals surface area contributed by atoms with Crippen LogP contribution in [-0.4, -0.2) is 22.0 Å². The van der Waals surface area contributed by atoms with Gasteiger partial charge in [0.15, 0.2) is 5.69 Å². The van der Waals surface area contributed by atoms with E-state index in [1.807, 2.05) is 0 Å². The van der Waals surface area contributed by atoms with Crippen molar-refractivity contribution in [3.8, 4) is 5.75 Å². The Balaban J connectivity index is 1.98. The quantitative estimate of drug-likeness (QED) is 0.844. The second-order valence-electron chi connectivity index (χ2n) is 5.31. The van der Waals surface area contributed by atoms with Crippen molar-refractivity contribution in [2.75, 3.05) is 0 Å². The van der Waals surface area contributed by atoms with Crippen molar-refractivity contribution in [1.82, 2.24) is 10.3 Å². The van der Waals surface area contributed by atoms with Gasteiger partial charge in [0, 0.05) is 12.2 Å². The molecule has 0 spiro atoms. The van der Waals surface area contributed by atoms with Crippen LogP contribution >= 0.6 is 0 Å². The van der Waals surface area contributed by atoms with Crippen molar-refractivity contribution >= 4 is 5.91 Å². The van der Waals surface area contributed by atoms with Crippen molar-refractivity contribution in [1.29, 1.82) is 0 Å². The van der Waals surface area contributed by atoms with Crippen LogP contribution in [0.4, 0.5) is 0 Å². The molecule has 1 aliphatic carbocycles. The van der Waals surface area contributed by atoms with Crippen LogP contribution in [0.5, 0.6) is 5.75 Å². The fourth-order valence-corrected chi connectivity index (χ4v) is 2.50. The first-order valence-electron chi connectivity index (χ1n) is 6.52. The Morgan fingerprint density at radius 1 is 1.39 bits per heavy atom. The molecule has 3 unspecified atom stereocenters. The normalized spacial score (nSPS) is 27.8. The van der Waals surface area contributed by atoms with Gasteiger partial charge in [-0.3, -0.25) is 4.79 Å². The highest BCUT2D eigenvalue weighted by atomic mass is 16.3. The zero-order valence-electron chi connectivity index (χ0n) is 10.9.